The van der Waals surface area contributed by atoms with Crippen molar-refractivity contribution in [2.45, 2.75) is 75.9 Å². The fraction of sp³-hybridized carbons (Fsp3) is 0.576. The molecule has 4 rings (SSSR count). The van der Waals surface area contributed by atoms with Gasteiger partial charge in [-0.25, -0.2) is 18.0 Å². The van der Waals surface area contributed by atoms with E-state index in [0.717, 1.165) is 5.56 Å². The van der Waals surface area contributed by atoms with E-state index in [1.54, 1.807) is 19.1 Å². The number of nitrogens with two attached hydrogens (primary N) is 1. The van der Waals surface area contributed by atoms with Crippen molar-refractivity contribution in [3.63, 3.8) is 0 Å². The molecular weight excluding hydrogens is 628 g/mol. The zero-order valence-corrected chi connectivity index (χ0v) is 28.1. The first-order valence-corrected chi connectivity index (χ1v) is 17.5. The van der Waals surface area contributed by atoms with Gasteiger partial charge in [-0.2, -0.15) is 4.31 Å². The normalized spacial score (nSPS) is 20.7. The molecule has 5 atom stereocenters. The number of fused-ring (bicyclic) bond motifs is 1. The second kappa shape index (κ2) is 16.6. The second-order valence-electron chi connectivity index (χ2n) is 12.8. The first kappa shape index (κ1) is 36.4. The van der Waals surface area contributed by atoms with Crippen LogP contribution in [0.5, 0.6) is 0 Å². The van der Waals surface area contributed by atoms with Crippen molar-refractivity contribution in [2.75, 3.05) is 45.2 Å². The van der Waals surface area contributed by atoms with Crippen molar-refractivity contribution < 1.29 is 42.1 Å². The molecule has 260 valence electrons. The van der Waals surface area contributed by atoms with E-state index < -0.39 is 52.2 Å². The third kappa shape index (κ3) is 10.5. The fourth-order valence-corrected chi connectivity index (χ4v) is 7.63. The van der Waals surface area contributed by atoms with Crippen molar-refractivity contribution in [3.8, 4) is 0 Å². The van der Waals surface area contributed by atoms with Gasteiger partial charge >= 0.3 is 12.2 Å². The molecule has 0 bridgehead atoms. The number of benzene rings is 2. The van der Waals surface area contributed by atoms with E-state index in [0.29, 0.717) is 32.4 Å². The van der Waals surface area contributed by atoms with E-state index in [9.17, 15) is 23.1 Å². The molecule has 2 fully saturated rings. The average Bonchev–Trinajstić information content (AvgIpc) is 3.64. The molecule has 0 saturated carbocycles. The van der Waals surface area contributed by atoms with Crippen LogP contribution in [-0.2, 0) is 35.4 Å². The highest BCUT2D eigenvalue weighted by atomic mass is 32.2. The number of aliphatic hydroxyl groups excluding tert-OH is 1. The zero-order chi connectivity index (χ0) is 34.0. The van der Waals surface area contributed by atoms with Crippen LogP contribution < -0.4 is 16.4 Å². The monoisotopic (exact) mass is 676 g/mol. The SMILES string of the molecule is CCOC(=O)NCCCC(C)(C)CN(C[C@@H](O)[C@H](Cc1ccccc1)NC(=O)O[C@H]1CO[C@H]2OCC[C@H]21)S(=O)(=O)c1cccc(N)c1. The van der Waals surface area contributed by atoms with Gasteiger partial charge in [0.25, 0.3) is 0 Å². The molecule has 0 aliphatic carbocycles. The summed E-state index contributed by atoms with van der Waals surface area (Å²) in [6.07, 6.45) is -1.37. The van der Waals surface area contributed by atoms with Crippen molar-refractivity contribution in [1.29, 1.82) is 0 Å². The maximum absolute atomic E-state index is 14.1. The minimum absolute atomic E-state index is 0.00831. The fourth-order valence-electron chi connectivity index (χ4n) is 5.93. The summed E-state index contributed by atoms with van der Waals surface area (Å²) in [5, 5.41) is 17.2. The largest absolute Gasteiger partial charge is 0.450 e. The Balaban J connectivity index is 1.52. The third-order valence-corrected chi connectivity index (χ3v) is 10.2. The predicted octanol–water partition coefficient (Wildman–Crippen LogP) is 3.27. The van der Waals surface area contributed by atoms with Gasteiger partial charge in [0.05, 0.1) is 42.8 Å². The van der Waals surface area contributed by atoms with Gasteiger partial charge in [0, 0.05) is 25.3 Å². The highest BCUT2D eigenvalue weighted by Gasteiger charge is 2.44. The summed E-state index contributed by atoms with van der Waals surface area (Å²) in [6, 6.07) is 14.4. The standard InChI is InChI=1S/C33H48N4O9S/c1-4-43-31(39)35-16-9-15-33(2,3)22-37(47(41,42)25-13-8-12-24(34)19-25)20-28(38)27(18-23-10-6-5-7-11-23)36-32(40)46-29-21-45-30-26(29)14-17-44-30/h5-8,10-13,19,26-30,38H,4,9,14-18,20-22,34H2,1-3H3,(H,35,39)(H,36,40)/t26-,27-,28+,29-,30+/m0/s1. The number of carbonyl (C=O) groups is 2. The third-order valence-electron chi connectivity index (χ3n) is 8.38. The Morgan fingerprint density at radius 2 is 1.89 bits per heavy atom. The maximum Gasteiger partial charge on any atom is 0.407 e. The van der Waals surface area contributed by atoms with Crippen LogP contribution in [-0.4, -0.2) is 94.0 Å². The van der Waals surface area contributed by atoms with E-state index in [2.05, 4.69) is 10.6 Å². The molecule has 2 aromatic rings. The number of nitrogen functional groups attached to an aromatic ring is 1. The summed E-state index contributed by atoms with van der Waals surface area (Å²) in [5.41, 5.74) is 6.50. The number of hydrogen-bond acceptors (Lipinski definition) is 10. The quantitative estimate of drug-likeness (QED) is 0.152. The molecule has 47 heavy (non-hydrogen) atoms. The number of nitrogens with one attached hydrogen (secondary N) is 2. The minimum atomic E-state index is -4.14. The van der Waals surface area contributed by atoms with Gasteiger partial charge in [-0.15, -0.1) is 0 Å². The number of anilines is 1. The summed E-state index contributed by atoms with van der Waals surface area (Å²) in [4.78, 5) is 24.9. The summed E-state index contributed by atoms with van der Waals surface area (Å²) in [7, 11) is -4.14. The van der Waals surface area contributed by atoms with Gasteiger partial charge in [0.1, 0.15) is 6.10 Å². The number of sulfonamides is 1. The molecule has 2 aliphatic heterocycles. The van der Waals surface area contributed by atoms with Crippen LogP contribution in [0.3, 0.4) is 0 Å². The Kier molecular flexibility index (Phi) is 12.9. The number of hydrogen-bond donors (Lipinski definition) is 4. The van der Waals surface area contributed by atoms with Gasteiger partial charge in [-0.05, 0) is 61.8 Å². The van der Waals surface area contributed by atoms with Gasteiger partial charge in [0.2, 0.25) is 10.0 Å². The van der Waals surface area contributed by atoms with Gasteiger partial charge < -0.3 is 40.4 Å². The van der Waals surface area contributed by atoms with Gasteiger partial charge in [-0.1, -0.05) is 50.2 Å². The summed E-state index contributed by atoms with van der Waals surface area (Å²) >= 11 is 0. The van der Waals surface area contributed by atoms with Crippen molar-refractivity contribution in [2.24, 2.45) is 11.3 Å². The van der Waals surface area contributed by atoms with E-state index >= 15 is 0 Å². The number of carbonyl (C=O) groups excluding carboxylic acids is 2. The molecule has 5 N–H and O–H groups in total. The average molecular weight is 677 g/mol. The van der Waals surface area contributed by atoms with Crippen LogP contribution >= 0.6 is 0 Å². The molecule has 2 amide bonds. The first-order chi connectivity index (χ1) is 22.4. The van der Waals surface area contributed by atoms with E-state index in [1.807, 2.05) is 44.2 Å². The lowest BCUT2D eigenvalue weighted by atomic mass is 9.87. The van der Waals surface area contributed by atoms with E-state index in [-0.39, 0.29) is 49.2 Å². The lowest BCUT2D eigenvalue weighted by molar-refractivity contribution is -0.0907. The molecule has 0 unspecified atom stereocenters. The number of alkyl carbamates (subject to hydrolysis) is 2. The van der Waals surface area contributed by atoms with Crippen LogP contribution in [0.4, 0.5) is 15.3 Å². The Morgan fingerprint density at radius 3 is 2.62 bits per heavy atom. The zero-order valence-electron chi connectivity index (χ0n) is 27.3. The van der Waals surface area contributed by atoms with Crippen molar-refractivity contribution in [3.05, 3.63) is 60.2 Å². The van der Waals surface area contributed by atoms with Crippen LogP contribution in [0.2, 0.25) is 0 Å². The highest BCUT2D eigenvalue weighted by Crippen LogP contribution is 2.33. The Hall–Kier alpha value is -3.43. The summed E-state index contributed by atoms with van der Waals surface area (Å²) in [5.74, 6) is -0.0630. The van der Waals surface area contributed by atoms with Crippen molar-refractivity contribution >= 4 is 27.9 Å². The highest BCUT2D eigenvalue weighted by molar-refractivity contribution is 7.89. The van der Waals surface area contributed by atoms with E-state index in [4.69, 9.17) is 24.7 Å². The Bertz CT molecular complexity index is 1430. The molecule has 13 nitrogen and oxygen atoms in total. The minimum Gasteiger partial charge on any atom is -0.450 e. The Labute approximate surface area is 277 Å². The Morgan fingerprint density at radius 1 is 1.13 bits per heavy atom. The van der Waals surface area contributed by atoms with Crippen molar-refractivity contribution in [1.82, 2.24) is 14.9 Å². The van der Waals surface area contributed by atoms with Crippen LogP contribution in [0.15, 0.2) is 59.5 Å². The number of ether oxygens (including phenoxy) is 4. The lowest BCUT2D eigenvalue weighted by Crippen LogP contribution is -2.52. The molecule has 0 spiro atoms. The maximum atomic E-state index is 14.1. The first-order valence-electron chi connectivity index (χ1n) is 16.1. The number of amides is 2. The van der Waals surface area contributed by atoms with Crippen LogP contribution in [0.1, 0.15) is 45.6 Å². The number of aliphatic hydroxyl groups is 1. The molecule has 2 saturated heterocycles. The molecule has 14 heteroatoms. The summed E-state index contributed by atoms with van der Waals surface area (Å²) < 4.78 is 51.1. The van der Waals surface area contributed by atoms with Gasteiger partial charge in [0.15, 0.2) is 6.29 Å². The second-order valence-corrected chi connectivity index (χ2v) is 14.7. The van der Waals surface area contributed by atoms with E-state index in [1.165, 1.54) is 16.4 Å². The predicted molar refractivity (Wildman–Crippen MR) is 175 cm³/mol. The molecular formula is C33H48N4O9S. The number of rotatable bonds is 16. The smallest absolute Gasteiger partial charge is 0.407 e. The van der Waals surface area contributed by atoms with Gasteiger partial charge in [-0.3, -0.25) is 0 Å². The molecule has 2 aliphatic rings. The molecule has 0 radical (unpaired) electrons. The van der Waals surface area contributed by atoms with Crippen LogP contribution in [0.25, 0.3) is 0 Å². The van der Waals surface area contributed by atoms with Crippen LogP contribution in [0, 0.1) is 11.3 Å². The summed E-state index contributed by atoms with van der Waals surface area (Å²) in [6.45, 7) is 6.67. The topological polar surface area (TPSA) is 179 Å². The molecule has 2 heterocycles. The molecule has 2 aromatic carbocycles. The molecule has 0 aromatic heterocycles. The number of nitrogens with zero attached hydrogens (tertiary/aromatic N) is 1. The lowest BCUT2D eigenvalue weighted by Gasteiger charge is -2.35.